The summed E-state index contributed by atoms with van der Waals surface area (Å²) >= 11 is 1.45. The number of thioether (sulfide) groups is 1. The molecule has 0 heterocycles. The van der Waals surface area contributed by atoms with Crippen LogP contribution < -0.4 is 5.32 Å². The summed E-state index contributed by atoms with van der Waals surface area (Å²) in [4.78, 5) is 11.2. The van der Waals surface area contributed by atoms with Gasteiger partial charge in [-0.2, -0.15) is 11.8 Å². The van der Waals surface area contributed by atoms with E-state index in [0.717, 1.165) is 5.56 Å². The molecule has 0 fully saturated rings. The molecule has 0 saturated carbocycles. The maximum atomic E-state index is 12.7. The average molecular weight is 213 g/mol. The lowest BCUT2D eigenvalue weighted by atomic mass is 10.2. The first-order chi connectivity index (χ1) is 6.63. The van der Waals surface area contributed by atoms with E-state index in [1.165, 1.54) is 23.9 Å². The molecule has 0 radical (unpaired) electrons. The highest BCUT2D eigenvalue weighted by Gasteiger charge is 2.04. The van der Waals surface area contributed by atoms with E-state index in [0.29, 0.717) is 11.4 Å². The Balaban J connectivity index is 2.72. The molecule has 2 nitrogen and oxygen atoms in total. The van der Waals surface area contributed by atoms with Gasteiger partial charge in [0.1, 0.15) is 5.82 Å². The molecule has 14 heavy (non-hydrogen) atoms. The number of carbonyl (C=O) groups excluding carboxylic acids is 1. The van der Waals surface area contributed by atoms with Crippen molar-refractivity contribution < 1.29 is 9.18 Å². The van der Waals surface area contributed by atoms with Crippen molar-refractivity contribution in [2.45, 2.75) is 6.92 Å². The van der Waals surface area contributed by atoms with Crippen molar-refractivity contribution >= 4 is 23.4 Å². The fourth-order valence-electron chi connectivity index (χ4n) is 1.08. The van der Waals surface area contributed by atoms with E-state index in [2.05, 4.69) is 5.32 Å². The van der Waals surface area contributed by atoms with Crippen LogP contribution in [0.25, 0.3) is 0 Å². The molecule has 1 aromatic rings. The molecule has 0 aliphatic carbocycles. The van der Waals surface area contributed by atoms with E-state index in [4.69, 9.17) is 0 Å². The van der Waals surface area contributed by atoms with Gasteiger partial charge in [-0.1, -0.05) is 0 Å². The van der Waals surface area contributed by atoms with Gasteiger partial charge >= 0.3 is 0 Å². The standard InChI is InChI=1S/C10H12FNOS/c1-7-5-8(11)3-4-9(7)12-10(13)6-14-2/h3-5H,6H2,1-2H3,(H,12,13). The lowest BCUT2D eigenvalue weighted by Gasteiger charge is -2.07. The molecule has 1 amide bonds. The summed E-state index contributed by atoms with van der Waals surface area (Å²) in [5.74, 6) is 0.0640. The molecule has 0 aromatic heterocycles. The van der Waals surface area contributed by atoms with E-state index in [1.54, 1.807) is 13.0 Å². The Hall–Kier alpha value is -1.03. The molecule has 0 spiro atoms. The molecular formula is C10H12FNOS. The molecule has 0 atom stereocenters. The van der Waals surface area contributed by atoms with Crippen molar-refractivity contribution in [1.82, 2.24) is 0 Å². The predicted molar refractivity (Wildman–Crippen MR) is 58.1 cm³/mol. The van der Waals surface area contributed by atoms with Crippen LogP contribution in [-0.4, -0.2) is 17.9 Å². The van der Waals surface area contributed by atoms with Crippen molar-refractivity contribution in [3.8, 4) is 0 Å². The van der Waals surface area contributed by atoms with Gasteiger partial charge in [-0.3, -0.25) is 4.79 Å². The Labute approximate surface area is 86.9 Å². The van der Waals surface area contributed by atoms with Crippen molar-refractivity contribution in [3.63, 3.8) is 0 Å². The first kappa shape index (κ1) is 11.0. The summed E-state index contributed by atoms with van der Waals surface area (Å²) in [5.41, 5.74) is 1.41. The quantitative estimate of drug-likeness (QED) is 0.835. The van der Waals surface area contributed by atoms with Crippen LogP contribution in [0.5, 0.6) is 0 Å². The Bertz CT molecular complexity index is 341. The minimum Gasteiger partial charge on any atom is -0.325 e. The first-order valence-electron chi connectivity index (χ1n) is 4.18. The lowest BCUT2D eigenvalue weighted by Crippen LogP contribution is -2.14. The number of carbonyl (C=O) groups is 1. The molecule has 1 rings (SSSR count). The van der Waals surface area contributed by atoms with E-state index in [-0.39, 0.29) is 11.7 Å². The van der Waals surface area contributed by atoms with Gasteiger partial charge in [0.15, 0.2) is 0 Å². The van der Waals surface area contributed by atoms with Crippen molar-refractivity contribution in [2.75, 3.05) is 17.3 Å². The first-order valence-corrected chi connectivity index (χ1v) is 5.58. The number of halogens is 1. The van der Waals surface area contributed by atoms with Crippen LogP contribution in [0.1, 0.15) is 5.56 Å². The van der Waals surface area contributed by atoms with Crippen LogP contribution >= 0.6 is 11.8 Å². The SMILES string of the molecule is CSCC(=O)Nc1ccc(F)cc1C. The smallest absolute Gasteiger partial charge is 0.234 e. The second-order valence-electron chi connectivity index (χ2n) is 2.94. The average Bonchev–Trinajstić information content (AvgIpc) is 2.10. The largest absolute Gasteiger partial charge is 0.325 e. The Morgan fingerprint density at radius 1 is 1.57 bits per heavy atom. The second-order valence-corrected chi connectivity index (χ2v) is 3.81. The Morgan fingerprint density at radius 3 is 2.86 bits per heavy atom. The highest BCUT2D eigenvalue weighted by molar-refractivity contribution is 7.99. The van der Waals surface area contributed by atoms with Gasteiger partial charge in [-0.05, 0) is 36.9 Å². The number of hydrogen-bond acceptors (Lipinski definition) is 2. The Morgan fingerprint density at radius 2 is 2.29 bits per heavy atom. The maximum absolute atomic E-state index is 12.7. The summed E-state index contributed by atoms with van der Waals surface area (Å²) in [7, 11) is 0. The van der Waals surface area contributed by atoms with Gasteiger partial charge in [0, 0.05) is 5.69 Å². The summed E-state index contributed by atoms with van der Waals surface area (Å²) in [6.07, 6.45) is 1.86. The molecule has 0 aliphatic rings. The molecule has 1 aromatic carbocycles. The summed E-state index contributed by atoms with van der Waals surface area (Å²) in [6, 6.07) is 4.30. The summed E-state index contributed by atoms with van der Waals surface area (Å²) < 4.78 is 12.7. The van der Waals surface area contributed by atoms with Crippen molar-refractivity contribution in [1.29, 1.82) is 0 Å². The van der Waals surface area contributed by atoms with Crippen molar-refractivity contribution in [3.05, 3.63) is 29.6 Å². The van der Waals surface area contributed by atoms with E-state index in [1.807, 2.05) is 6.26 Å². The molecule has 4 heteroatoms. The normalized spacial score (nSPS) is 9.93. The third kappa shape index (κ3) is 3.03. The van der Waals surface area contributed by atoms with Gasteiger partial charge in [0.05, 0.1) is 5.75 Å². The van der Waals surface area contributed by atoms with E-state index >= 15 is 0 Å². The highest BCUT2D eigenvalue weighted by atomic mass is 32.2. The Kier molecular flexibility index (Phi) is 3.95. The zero-order valence-corrected chi connectivity index (χ0v) is 8.95. The number of aryl methyl sites for hydroxylation is 1. The van der Waals surface area contributed by atoms with Crippen LogP contribution in [0.4, 0.5) is 10.1 Å². The third-order valence-corrected chi connectivity index (χ3v) is 2.29. The zero-order chi connectivity index (χ0) is 10.6. The number of benzene rings is 1. The number of hydrogen-bond donors (Lipinski definition) is 1. The summed E-state index contributed by atoms with van der Waals surface area (Å²) in [5, 5.41) is 2.71. The van der Waals surface area contributed by atoms with Crippen molar-refractivity contribution in [2.24, 2.45) is 0 Å². The van der Waals surface area contributed by atoms with Gasteiger partial charge < -0.3 is 5.32 Å². The molecule has 0 bridgehead atoms. The lowest BCUT2D eigenvalue weighted by molar-refractivity contribution is -0.113. The number of amides is 1. The molecule has 0 aliphatic heterocycles. The van der Waals surface area contributed by atoms with Crippen LogP contribution in [0.15, 0.2) is 18.2 Å². The maximum Gasteiger partial charge on any atom is 0.234 e. The topological polar surface area (TPSA) is 29.1 Å². The second kappa shape index (κ2) is 5.00. The van der Waals surface area contributed by atoms with Crippen LogP contribution in [-0.2, 0) is 4.79 Å². The van der Waals surface area contributed by atoms with Gasteiger partial charge in [0.25, 0.3) is 0 Å². The summed E-state index contributed by atoms with van der Waals surface area (Å²) in [6.45, 7) is 1.76. The van der Waals surface area contributed by atoms with Crippen LogP contribution in [0.3, 0.4) is 0 Å². The number of anilines is 1. The van der Waals surface area contributed by atoms with Gasteiger partial charge in [-0.15, -0.1) is 0 Å². The predicted octanol–water partition coefficient (Wildman–Crippen LogP) is 2.44. The number of rotatable bonds is 3. The fourth-order valence-corrected chi connectivity index (χ4v) is 1.42. The fraction of sp³-hybridized carbons (Fsp3) is 0.300. The third-order valence-electron chi connectivity index (χ3n) is 1.74. The molecular weight excluding hydrogens is 201 g/mol. The van der Waals surface area contributed by atoms with Gasteiger partial charge in [-0.25, -0.2) is 4.39 Å². The van der Waals surface area contributed by atoms with E-state index in [9.17, 15) is 9.18 Å². The number of nitrogens with one attached hydrogen (secondary N) is 1. The van der Waals surface area contributed by atoms with Crippen LogP contribution in [0.2, 0.25) is 0 Å². The highest BCUT2D eigenvalue weighted by Crippen LogP contribution is 2.15. The minimum absolute atomic E-state index is 0.0628. The monoisotopic (exact) mass is 213 g/mol. The van der Waals surface area contributed by atoms with Crippen LogP contribution in [0, 0.1) is 12.7 Å². The molecule has 0 saturated heterocycles. The van der Waals surface area contributed by atoms with Gasteiger partial charge in [0.2, 0.25) is 5.91 Å². The van der Waals surface area contributed by atoms with E-state index < -0.39 is 0 Å². The molecule has 76 valence electrons. The minimum atomic E-state index is -0.287. The molecule has 0 unspecified atom stereocenters. The molecule has 1 N–H and O–H groups in total. The zero-order valence-electron chi connectivity index (χ0n) is 8.13.